The van der Waals surface area contributed by atoms with Crippen molar-refractivity contribution in [1.29, 1.82) is 0 Å². The molecule has 8 heteroatoms. The highest BCUT2D eigenvalue weighted by atomic mass is 32.1. The van der Waals surface area contributed by atoms with Gasteiger partial charge in [-0.1, -0.05) is 25.3 Å². The summed E-state index contributed by atoms with van der Waals surface area (Å²) in [5, 5.41) is 5.11. The summed E-state index contributed by atoms with van der Waals surface area (Å²) in [5.74, 6) is 0.716. The van der Waals surface area contributed by atoms with Gasteiger partial charge in [0.2, 0.25) is 12.7 Å². The van der Waals surface area contributed by atoms with E-state index in [0.717, 1.165) is 30.6 Å². The third-order valence-corrected chi connectivity index (χ3v) is 6.78. The van der Waals surface area contributed by atoms with E-state index >= 15 is 0 Å². The van der Waals surface area contributed by atoms with Crippen molar-refractivity contribution in [3.05, 3.63) is 64.7 Å². The van der Waals surface area contributed by atoms with E-state index in [1.54, 1.807) is 30.3 Å². The van der Waals surface area contributed by atoms with E-state index in [1.165, 1.54) is 28.9 Å². The second-order valence-electron chi connectivity index (χ2n) is 7.95. The maximum absolute atomic E-state index is 13.6. The predicted octanol–water partition coefficient (Wildman–Crippen LogP) is 4.91. The van der Waals surface area contributed by atoms with Crippen LogP contribution in [0.4, 0.5) is 5.69 Å². The predicted molar refractivity (Wildman–Crippen MR) is 120 cm³/mol. The number of nitrogens with one attached hydrogen (secondary N) is 1. The maximum Gasteiger partial charge on any atom is 0.295 e. The van der Waals surface area contributed by atoms with Gasteiger partial charge < -0.3 is 19.2 Å². The van der Waals surface area contributed by atoms with Gasteiger partial charge in [-0.25, -0.2) is 0 Å². The molecule has 1 aliphatic carbocycles. The molecule has 1 saturated carbocycles. The Morgan fingerprint density at radius 3 is 2.62 bits per heavy atom. The number of carbonyl (C=O) groups excluding carboxylic acids is 2. The van der Waals surface area contributed by atoms with Crippen LogP contribution in [0.25, 0.3) is 0 Å². The summed E-state index contributed by atoms with van der Waals surface area (Å²) in [6, 6.07) is 11.6. The van der Waals surface area contributed by atoms with Crippen LogP contribution >= 0.6 is 11.3 Å². The third-order valence-electron chi connectivity index (χ3n) is 5.86. The molecule has 1 N–H and O–H groups in total. The molecule has 1 aliphatic heterocycles. The molecule has 3 heterocycles. The molecule has 7 nitrogen and oxygen atoms in total. The lowest BCUT2D eigenvalue weighted by molar-refractivity contribution is -0.123. The van der Waals surface area contributed by atoms with Crippen molar-refractivity contribution in [2.45, 2.75) is 44.2 Å². The minimum atomic E-state index is -0.838. The molecule has 0 spiro atoms. The number of furan rings is 1. The summed E-state index contributed by atoms with van der Waals surface area (Å²) in [6.07, 6.45) is 6.77. The number of amides is 2. The minimum absolute atomic E-state index is 0.121. The summed E-state index contributed by atoms with van der Waals surface area (Å²) >= 11 is 1.44. The van der Waals surface area contributed by atoms with Crippen molar-refractivity contribution in [2.24, 2.45) is 0 Å². The third kappa shape index (κ3) is 4.10. The highest BCUT2D eigenvalue weighted by molar-refractivity contribution is 7.10. The summed E-state index contributed by atoms with van der Waals surface area (Å²) in [6.45, 7) is 0.126. The molecule has 5 rings (SSSR count). The first kappa shape index (κ1) is 20.6. The van der Waals surface area contributed by atoms with Crippen LogP contribution in [0.5, 0.6) is 11.5 Å². The number of benzene rings is 1. The van der Waals surface area contributed by atoms with Crippen molar-refractivity contribution < 1.29 is 23.5 Å². The quantitative estimate of drug-likeness (QED) is 0.575. The van der Waals surface area contributed by atoms with Crippen LogP contribution in [0.1, 0.15) is 53.6 Å². The molecule has 0 bridgehead atoms. The highest BCUT2D eigenvalue weighted by Crippen LogP contribution is 2.39. The SMILES string of the molecule is O=C(NC1CCCCC1)[C@@H](c1cccs1)N(C(=O)c1ccco1)c1ccc2c(c1)OCO2. The van der Waals surface area contributed by atoms with Crippen molar-refractivity contribution in [3.8, 4) is 11.5 Å². The zero-order valence-corrected chi connectivity index (χ0v) is 18.3. The smallest absolute Gasteiger partial charge is 0.295 e. The second kappa shape index (κ2) is 9.08. The van der Waals surface area contributed by atoms with Crippen LogP contribution in [0.2, 0.25) is 0 Å². The van der Waals surface area contributed by atoms with Gasteiger partial charge >= 0.3 is 0 Å². The van der Waals surface area contributed by atoms with Gasteiger partial charge in [-0.15, -0.1) is 11.3 Å². The van der Waals surface area contributed by atoms with E-state index in [1.807, 2.05) is 17.5 Å². The van der Waals surface area contributed by atoms with Gasteiger partial charge in [-0.05, 0) is 48.6 Å². The van der Waals surface area contributed by atoms with E-state index < -0.39 is 11.9 Å². The molecule has 0 unspecified atom stereocenters. The van der Waals surface area contributed by atoms with Crippen LogP contribution in [0, 0.1) is 0 Å². The monoisotopic (exact) mass is 452 g/mol. The molecular formula is C24H24N2O5S. The number of hydrogen-bond acceptors (Lipinski definition) is 6. The molecular weight excluding hydrogens is 428 g/mol. The molecule has 0 radical (unpaired) electrons. The molecule has 2 amide bonds. The molecule has 2 aromatic heterocycles. The number of nitrogens with zero attached hydrogens (tertiary/aromatic N) is 1. The molecule has 0 saturated heterocycles. The Labute approximate surface area is 189 Å². The van der Waals surface area contributed by atoms with Crippen molar-refractivity contribution in [3.63, 3.8) is 0 Å². The molecule has 166 valence electrons. The van der Waals surface area contributed by atoms with Gasteiger partial charge in [-0.3, -0.25) is 14.5 Å². The number of ether oxygens (including phenoxy) is 2. The van der Waals surface area contributed by atoms with Crippen molar-refractivity contribution in [1.82, 2.24) is 5.32 Å². The number of hydrogen-bond donors (Lipinski definition) is 1. The number of carbonyl (C=O) groups is 2. The fourth-order valence-electron chi connectivity index (χ4n) is 4.29. The summed E-state index contributed by atoms with van der Waals surface area (Å²) in [4.78, 5) is 29.5. The average molecular weight is 453 g/mol. The fraction of sp³-hybridized carbons (Fsp3) is 0.333. The Morgan fingerprint density at radius 1 is 1.03 bits per heavy atom. The van der Waals surface area contributed by atoms with Crippen LogP contribution < -0.4 is 19.7 Å². The second-order valence-corrected chi connectivity index (χ2v) is 8.93. The minimum Gasteiger partial charge on any atom is -0.459 e. The van der Waals surface area contributed by atoms with Gasteiger partial charge in [0.05, 0.1) is 6.26 Å². The first-order chi connectivity index (χ1) is 15.7. The molecule has 1 aromatic carbocycles. The lowest BCUT2D eigenvalue weighted by atomic mass is 9.95. The van der Waals surface area contributed by atoms with Crippen LogP contribution in [0.15, 0.2) is 58.5 Å². The Bertz CT molecular complexity index is 1070. The first-order valence-electron chi connectivity index (χ1n) is 10.8. The number of anilines is 1. The molecule has 1 fully saturated rings. The molecule has 3 aromatic rings. The Hall–Kier alpha value is -3.26. The number of thiophene rings is 1. The van der Waals surface area contributed by atoms with Gasteiger partial charge in [0.25, 0.3) is 5.91 Å². The number of rotatable bonds is 6. The Kier molecular flexibility index (Phi) is 5.85. The first-order valence-corrected chi connectivity index (χ1v) is 11.7. The van der Waals surface area contributed by atoms with Crippen molar-refractivity contribution >= 4 is 28.8 Å². The summed E-state index contributed by atoms with van der Waals surface area (Å²) in [5.41, 5.74) is 0.535. The van der Waals surface area contributed by atoms with E-state index in [0.29, 0.717) is 17.2 Å². The standard InChI is InChI=1S/C24H24N2O5S/c27-23(25-16-6-2-1-3-7-16)22(21-9-5-13-32-21)26(24(28)19-8-4-12-29-19)17-10-11-18-20(14-17)31-15-30-18/h4-5,8-14,16,22H,1-3,6-7,15H2,(H,25,27)/t22-/m1/s1. The van der Waals surface area contributed by atoms with Gasteiger partial charge in [-0.2, -0.15) is 0 Å². The van der Waals surface area contributed by atoms with E-state index in [2.05, 4.69) is 5.32 Å². The summed E-state index contributed by atoms with van der Waals surface area (Å²) in [7, 11) is 0. The zero-order chi connectivity index (χ0) is 21.9. The highest BCUT2D eigenvalue weighted by Gasteiger charge is 2.36. The Morgan fingerprint density at radius 2 is 1.88 bits per heavy atom. The van der Waals surface area contributed by atoms with Gasteiger partial charge in [0.1, 0.15) is 0 Å². The Balaban J connectivity index is 1.55. The van der Waals surface area contributed by atoms with Crippen LogP contribution in [-0.4, -0.2) is 24.6 Å². The molecule has 32 heavy (non-hydrogen) atoms. The van der Waals surface area contributed by atoms with E-state index in [4.69, 9.17) is 13.9 Å². The average Bonchev–Trinajstić information content (AvgIpc) is 3.59. The molecule has 2 aliphatic rings. The van der Waals surface area contributed by atoms with Gasteiger partial charge in [0.15, 0.2) is 23.3 Å². The normalized spacial score (nSPS) is 16.5. The largest absolute Gasteiger partial charge is 0.459 e. The van der Waals surface area contributed by atoms with Crippen LogP contribution in [-0.2, 0) is 4.79 Å². The van der Waals surface area contributed by atoms with Crippen molar-refractivity contribution in [2.75, 3.05) is 11.7 Å². The van der Waals surface area contributed by atoms with Gasteiger partial charge in [0, 0.05) is 22.7 Å². The van der Waals surface area contributed by atoms with Crippen LogP contribution in [0.3, 0.4) is 0 Å². The van der Waals surface area contributed by atoms with E-state index in [-0.39, 0.29) is 24.5 Å². The zero-order valence-electron chi connectivity index (χ0n) is 17.5. The fourth-order valence-corrected chi connectivity index (χ4v) is 5.10. The lowest BCUT2D eigenvalue weighted by Crippen LogP contribution is -2.47. The topological polar surface area (TPSA) is 81.0 Å². The lowest BCUT2D eigenvalue weighted by Gasteiger charge is -2.32. The maximum atomic E-state index is 13.6. The molecule has 1 atom stereocenters. The number of fused-ring (bicyclic) bond motifs is 1. The van der Waals surface area contributed by atoms with E-state index in [9.17, 15) is 9.59 Å². The summed E-state index contributed by atoms with van der Waals surface area (Å²) < 4.78 is 16.4.